The van der Waals surface area contributed by atoms with E-state index in [1.807, 2.05) is 0 Å². The molecule has 0 aliphatic carbocycles. The zero-order valence-electron chi connectivity index (χ0n) is 11.5. The van der Waals surface area contributed by atoms with Gasteiger partial charge in [-0.2, -0.15) is 0 Å². The molecule has 0 aliphatic rings. The zero-order valence-corrected chi connectivity index (χ0v) is 12.4. The smallest absolute Gasteiger partial charge is 0.307 e. The van der Waals surface area contributed by atoms with Gasteiger partial charge in [0, 0.05) is 13.7 Å². The van der Waals surface area contributed by atoms with Crippen molar-refractivity contribution in [2.75, 3.05) is 26.0 Å². The number of benzene rings is 1. The van der Waals surface area contributed by atoms with E-state index < -0.39 is 27.5 Å². The molecule has 8 heteroatoms. The molecular formula is C13H17NO6S. The fraction of sp³-hybridized carbons (Fsp3) is 0.385. The third kappa shape index (κ3) is 5.92. The SMILES string of the molecule is COCCNC(=O)CS(=O)(=O)c1ccc(CC(=O)O)cc1. The number of methoxy groups -OCH3 is 1. The number of aliphatic carboxylic acids is 1. The monoisotopic (exact) mass is 315 g/mol. The van der Waals surface area contributed by atoms with E-state index in [0.717, 1.165) is 0 Å². The van der Waals surface area contributed by atoms with Crippen molar-refractivity contribution in [2.24, 2.45) is 0 Å². The van der Waals surface area contributed by atoms with Crippen molar-refractivity contribution in [3.8, 4) is 0 Å². The summed E-state index contributed by atoms with van der Waals surface area (Å²) in [5.74, 6) is -2.26. The third-order valence-corrected chi connectivity index (χ3v) is 4.22. The average molecular weight is 315 g/mol. The molecule has 116 valence electrons. The van der Waals surface area contributed by atoms with Crippen LogP contribution in [0.2, 0.25) is 0 Å². The van der Waals surface area contributed by atoms with Crippen LogP contribution in [-0.2, 0) is 30.6 Å². The first-order chi connectivity index (χ1) is 9.85. The Morgan fingerprint density at radius 1 is 1.24 bits per heavy atom. The predicted molar refractivity (Wildman–Crippen MR) is 74.7 cm³/mol. The molecule has 7 nitrogen and oxygen atoms in total. The molecule has 21 heavy (non-hydrogen) atoms. The number of carboxylic acid groups (broad SMARTS) is 1. The van der Waals surface area contributed by atoms with Crippen molar-refractivity contribution in [3.63, 3.8) is 0 Å². The van der Waals surface area contributed by atoms with E-state index in [2.05, 4.69) is 5.32 Å². The number of carbonyl (C=O) groups excluding carboxylic acids is 1. The van der Waals surface area contributed by atoms with Crippen molar-refractivity contribution in [2.45, 2.75) is 11.3 Å². The molecule has 0 fully saturated rings. The number of hydrogen-bond acceptors (Lipinski definition) is 5. The van der Waals surface area contributed by atoms with E-state index in [9.17, 15) is 18.0 Å². The molecule has 1 aromatic rings. The minimum atomic E-state index is -3.74. The Bertz CT molecular complexity index is 594. The summed E-state index contributed by atoms with van der Waals surface area (Å²) in [5.41, 5.74) is 0.492. The lowest BCUT2D eigenvalue weighted by molar-refractivity contribution is -0.136. The molecule has 0 aromatic heterocycles. The second kappa shape index (κ2) is 7.75. The molecule has 0 heterocycles. The Hall–Kier alpha value is -1.93. The standard InChI is InChI=1S/C13H17NO6S/c1-20-7-6-14-12(15)9-21(18,19)11-4-2-10(3-5-11)8-13(16)17/h2-5H,6-9H2,1H3,(H,14,15)(H,16,17). The molecule has 0 aliphatic heterocycles. The molecule has 2 N–H and O–H groups in total. The van der Waals surface area contributed by atoms with Gasteiger partial charge in [0.15, 0.2) is 9.84 Å². The van der Waals surface area contributed by atoms with Crippen LogP contribution in [0.15, 0.2) is 29.2 Å². The van der Waals surface area contributed by atoms with Crippen LogP contribution in [0, 0.1) is 0 Å². The lowest BCUT2D eigenvalue weighted by Gasteiger charge is -2.06. The molecule has 0 radical (unpaired) electrons. The van der Waals surface area contributed by atoms with Gasteiger partial charge in [-0.25, -0.2) is 8.42 Å². The molecule has 1 aromatic carbocycles. The molecule has 1 amide bonds. The van der Waals surface area contributed by atoms with Gasteiger partial charge in [-0.05, 0) is 17.7 Å². The Morgan fingerprint density at radius 3 is 2.38 bits per heavy atom. The number of amides is 1. The van der Waals surface area contributed by atoms with E-state index in [-0.39, 0.29) is 17.9 Å². The summed E-state index contributed by atoms with van der Waals surface area (Å²) in [6.45, 7) is 0.540. The number of ether oxygens (including phenoxy) is 1. The van der Waals surface area contributed by atoms with Crippen LogP contribution < -0.4 is 5.32 Å². The predicted octanol–water partition coefficient (Wildman–Crippen LogP) is -0.150. The van der Waals surface area contributed by atoms with Crippen molar-refractivity contribution >= 4 is 21.7 Å². The highest BCUT2D eigenvalue weighted by Crippen LogP contribution is 2.13. The Balaban J connectivity index is 2.69. The Labute approximate surface area is 122 Å². The average Bonchev–Trinajstić information content (AvgIpc) is 2.38. The summed E-state index contributed by atoms with van der Waals surface area (Å²) in [6.07, 6.45) is -0.183. The molecule has 0 atom stereocenters. The first-order valence-corrected chi connectivity index (χ1v) is 7.79. The molecule has 0 bridgehead atoms. The number of sulfone groups is 1. The Kier molecular flexibility index (Phi) is 6.32. The second-order valence-corrected chi connectivity index (χ2v) is 6.31. The number of carboxylic acids is 1. The van der Waals surface area contributed by atoms with E-state index in [4.69, 9.17) is 9.84 Å². The van der Waals surface area contributed by atoms with E-state index in [1.165, 1.54) is 31.4 Å². The summed E-state index contributed by atoms with van der Waals surface area (Å²) in [6, 6.07) is 5.44. The van der Waals surface area contributed by atoms with Gasteiger partial charge < -0.3 is 15.2 Å². The maximum atomic E-state index is 12.0. The number of nitrogens with one attached hydrogen (secondary N) is 1. The van der Waals surface area contributed by atoms with Crippen LogP contribution >= 0.6 is 0 Å². The van der Waals surface area contributed by atoms with Gasteiger partial charge >= 0.3 is 5.97 Å². The minimum Gasteiger partial charge on any atom is -0.481 e. The van der Waals surface area contributed by atoms with Gasteiger partial charge in [-0.1, -0.05) is 12.1 Å². The highest BCUT2D eigenvalue weighted by atomic mass is 32.2. The topological polar surface area (TPSA) is 110 Å². The van der Waals surface area contributed by atoms with Crippen molar-refractivity contribution in [3.05, 3.63) is 29.8 Å². The number of rotatable bonds is 8. The molecule has 0 saturated heterocycles. The van der Waals surface area contributed by atoms with Crippen molar-refractivity contribution in [1.29, 1.82) is 0 Å². The lowest BCUT2D eigenvalue weighted by Crippen LogP contribution is -2.32. The summed E-state index contributed by atoms with van der Waals surface area (Å²) in [4.78, 5) is 22.0. The van der Waals surface area contributed by atoms with Gasteiger partial charge in [0.25, 0.3) is 0 Å². The van der Waals surface area contributed by atoms with E-state index >= 15 is 0 Å². The summed E-state index contributed by atoms with van der Waals surface area (Å²) in [5, 5.41) is 11.1. The van der Waals surface area contributed by atoms with Crippen LogP contribution in [0.5, 0.6) is 0 Å². The number of carbonyl (C=O) groups is 2. The van der Waals surface area contributed by atoms with E-state index in [0.29, 0.717) is 12.2 Å². The van der Waals surface area contributed by atoms with Crippen molar-refractivity contribution < 1.29 is 27.9 Å². The normalized spacial score (nSPS) is 11.1. The molecular weight excluding hydrogens is 298 g/mol. The van der Waals surface area contributed by atoms with E-state index in [1.54, 1.807) is 0 Å². The maximum absolute atomic E-state index is 12.0. The minimum absolute atomic E-state index is 0.0152. The van der Waals surface area contributed by atoms with Gasteiger partial charge in [0.2, 0.25) is 5.91 Å². The highest BCUT2D eigenvalue weighted by molar-refractivity contribution is 7.92. The van der Waals surface area contributed by atoms with Crippen LogP contribution in [-0.4, -0.2) is 51.4 Å². The first-order valence-electron chi connectivity index (χ1n) is 6.14. The molecule has 0 saturated carbocycles. The largest absolute Gasteiger partial charge is 0.481 e. The van der Waals surface area contributed by atoms with Crippen LogP contribution in [0.25, 0.3) is 0 Å². The Morgan fingerprint density at radius 2 is 1.86 bits per heavy atom. The summed E-state index contributed by atoms with van der Waals surface area (Å²) < 4.78 is 28.7. The number of hydrogen-bond donors (Lipinski definition) is 2. The third-order valence-electron chi connectivity index (χ3n) is 2.59. The quantitative estimate of drug-likeness (QED) is 0.646. The second-order valence-electron chi connectivity index (χ2n) is 4.32. The lowest BCUT2D eigenvalue weighted by atomic mass is 10.2. The maximum Gasteiger partial charge on any atom is 0.307 e. The highest BCUT2D eigenvalue weighted by Gasteiger charge is 2.19. The summed E-state index contributed by atoms with van der Waals surface area (Å²) >= 11 is 0. The zero-order chi connectivity index (χ0) is 15.9. The van der Waals surface area contributed by atoms with Crippen LogP contribution in [0.4, 0.5) is 0 Å². The molecule has 0 unspecified atom stereocenters. The van der Waals surface area contributed by atoms with Gasteiger partial charge in [-0.15, -0.1) is 0 Å². The van der Waals surface area contributed by atoms with Gasteiger partial charge in [0.1, 0.15) is 5.75 Å². The van der Waals surface area contributed by atoms with Gasteiger partial charge in [-0.3, -0.25) is 9.59 Å². The van der Waals surface area contributed by atoms with Crippen LogP contribution in [0.1, 0.15) is 5.56 Å². The van der Waals surface area contributed by atoms with Crippen molar-refractivity contribution in [1.82, 2.24) is 5.32 Å². The summed E-state index contributed by atoms with van der Waals surface area (Å²) in [7, 11) is -2.27. The van der Waals surface area contributed by atoms with Crippen LogP contribution in [0.3, 0.4) is 0 Å². The fourth-order valence-corrected chi connectivity index (χ4v) is 2.75. The molecule has 0 spiro atoms. The fourth-order valence-electron chi connectivity index (χ4n) is 1.59. The van der Waals surface area contributed by atoms with Gasteiger partial charge in [0.05, 0.1) is 17.9 Å². The molecule has 1 rings (SSSR count). The first kappa shape index (κ1) is 17.1.